The van der Waals surface area contributed by atoms with Gasteiger partial charge in [0.2, 0.25) is 0 Å². The molecule has 0 aliphatic rings. The van der Waals surface area contributed by atoms with E-state index in [2.05, 4.69) is 252 Å². The average molecular weight is 885 g/mol. The molecule has 0 N–H and O–H groups in total. The molecular formula is C64H40N2OS. The molecule has 0 radical (unpaired) electrons. The zero-order valence-corrected chi connectivity index (χ0v) is 37.6. The predicted molar refractivity (Wildman–Crippen MR) is 289 cm³/mol. The van der Waals surface area contributed by atoms with Crippen molar-refractivity contribution < 1.29 is 4.42 Å². The predicted octanol–water partition coefficient (Wildman–Crippen LogP) is 18.7. The normalized spacial score (nSPS) is 11.8. The van der Waals surface area contributed by atoms with Crippen LogP contribution in [0.5, 0.6) is 0 Å². The van der Waals surface area contributed by atoms with Crippen molar-refractivity contribution in [2.45, 2.75) is 0 Å². The molecule has 0 spiro atoms. The van der Waals surface area contributed by atoms with Gasteiger partial charge in [-0.1, -0.05) is 152 Å². The second kappa shape index (κ2) is 15.5. The summed E-state index contributed by atoms with van der Waals surface area (Å²) >= 11 is 1.86. The van der Waals surface area contributed by atoms with Gasteiger partial charge < -0.3 is 13.9 Å². The monoisotopic (exact) mass is 884 g/mol. The highest BCUT2D eigenvalue weighted by molar-refractivity contribution is 7.25. The third-order valence-corrected chi connectivity index (χ3v) is 15.0. The molecule has 0 saturated carbocycles. The van der Waals surface area contributed by atoms with Gasteiger partial charge in [-0.3, -0.25) is 0 Å². The molecule has 0 atom stereocenters. The summed E-state index contributed by atoms with van der Waals surface area (Å²) in [7, 11) is 0. The molecule has 4 heteroatoms. The Morgan fingerprint density at radius 1 is 0.353 bits per heavy atom. The van der Waals surface area contributed by atoms with Crippen molar-refractivity contribution in [1.82, 2.24) is 4.57 Å². The minimum atomic E-state index is 0.895. The van der Waals surface area contributed by atoms with Crippen LogP contribution in [0.3, 0.4) is 0 Å². The van der Waals surface area contributed by atoms with Crippen LogP contribution in [0.25, 0.3) is 114 Å². The van der Waals surface area contributed by atoms with Gasteiger partial charge in [-0.2, -0.15) is 0 Å². The van der Waals surface area contributed by atoms with Crippen LogP contribution in [0.1, 0.15) is 0 Å². The smallest absolute Gasteiger partial charge is 0.143 e. The molecule has 0 bridgehead atoms. The van der Waals surface area contributed by atoms with Gasteiger partial charge in [-0.05, 0) is 130 Å². The summed E-state index contributed by atoms with van der Waals surface area (Å²) in [6, 6.07) is 88.2. The topological polar surface area (TPSA) is 21.3 Å². The Morgan fingerprint density at radius 3 is 1.62 bits per heavy atom. The fourth-order valence-electron chi connectivity index (χ4n) is 10.6. The zero-order chi connectivity index (χ0) is 44.7. The summed E-state index contributed by atoms with van der Waals surface area (Å²) in [5.74, 6) is 0. The summed E-state index contributed by atoms with van der Waals surface area (Å²) in [6.45, 7) is 0. The van der Waals surface area contributed by atoms with Crippen LogP contribution in [0.15, 0.2) is 247 Å². The maximum absolute atomic E-state index is 6.57. The molecule has 3 nitrogen and oxygen atoms in total. The van der Waals surface area contributed by atoms with Crippen molar-refractivity contribution >= 4 is 103 Å². The first-order valence-corrected chi connectivity index (χ1v) is 24.0. The minimum absolute atomic E-state index is 0.895. The van der Waals surface area contributed by atoms with E-state index in [1.54, 1.807) is 0 Å². The molecule has 0 unspecified atom stereocenters. The quantitative estimate of drug-likeness (QED) is 0.159. The second-order valence-corrected chi connectivity index (χ2v) is 18.7. The third-order valence-electron chi connectivity index (χ3n) is 13.8. The molecule has 318 valence electrons. The number of rotatable bonds is 7. The van der Waals surface area contributed by atoms with Crippen LogP contribution >= 0.6 is 11.3 Å². The van der Waals surface area contributed by atoms with E-state index in [4.69, 9.17) is 4.42 Å². The minimum Gasteiger partial charge on any atom is -0.455 e. The number of fused-ring (bicyclic) bond motifs is 11. The van der Waals surface area contributed by atoms with Crippen LogP contribution in [0.4, 0.5) is 17.1 Å². The Kier molecular flexibility index (Phi) is 8.76. The summed E-state index contributed by atoms with van der Waals surface area (Å²) in [4.78, 5) is 2.36. The maximum atomic E-state index is 6.57. The van der Waals surface area contributed by atoms with Crippen molar-refractivity contribution in [3.05, 3.63) is 243 Å². The number of hydrogen-bond donors (Lipinski definition) is 0. The molecule has 14 rings (SSSR count). The first-order chi connectivity index (χ1) is 33.7. The summed E-state index contributed by atoms with van der Waals surface area (Å²) in [5, 5.41) is 9.72. The Hall–Kier alpha value is -8.70. The highest BCUT2D eigenvalue weighted by Crippen LogP contribution is 2.43. The number of furan rings is 1. The van der Waals surface area contributed by atoms with Gasteiger partial charge >= 0.3 is 0 Å². The molecule has 0 saturated heterocycles. The zero-order valence-electron chi connectivity index (χ0n) is 36.8. The summed E-state index contributed by atoms with van der Waals surface area (Å²) in [5.41, 5.74) is 15.6. The van der Waals surface area contributed by atoms with E-state index in [-0.39, 0.29) is 0 Å². The van der Waals surface area contributed by atoms with Crippen LogP contribution in [0, 0.1) is 0 Å². The van der Waals surface area contributed by atoms with Crippen molar-refractivity contribution in [3.8, 4) is 39.1 Å². The fourth-order valence-corrected chi connectivity index (χ4v) is 11.7. The lowest BCUT2D eigenvalue weighted by Gasteiger charge is -2.26. The number of benzene rings is 11. The van der Waals surface area contributed by atoms with E-state index in [0.717, 1.165) is 66.8 Å². The number of thiophene rings is 1. The number of anilines is 3. The van der Waals surface area contributed by atoms with E-state index in [9.17, 15) is 0 Å². The molecule has 0 fully saturated rings. The van der Waals surface area contributed by atoms with E-state index in [0.29, 0.717) is 0 Å². The molecule has 0 amide bonds. The Balaban J connectivity index is 0.853. The van der Waals surface area contributed by atoms with Gasteiger partial charge in [0, 0.05) is 69.9 Å². The Labute approximate surface area is 396 Å². The number of hydrogen-bond acceptors (Lipinski definition) is 3. The van der Waals surface area contributed by atoms with Gasteiger partial charge in [0.15, 0.2) is 0 Å². The average Bonchev–Trinajstić information content (AvgIpc) is 4.09. The molecule has 14 aromatic rings. The largest absolute Gasteiger partial charge is 0.455 e. The highest BCUT2D eigenvalue weighted by Gasteiger charge is 2.18. The molecule has 11 aromatic carbocycles. The van der Waals surface area contributed by atoms with E-state index < -0.39 is 0 Å². The van der Waals surface area contributed by atoms with Crippen LogP contribution in [-0.2, 0) is 0 Å². The maximum Gasteiger partial charge on any atom is 0.143 e. The first-order valence-electron chi connectivity index (χ1n) is 23.1. The van der Waals surface area contributed by atoms with Crippen molar-refractivity contribution in [1.29, 1.82) is 0 Å². The van der Waals surface area contributed by atoms with Gasteiger partial charge in [0.05, 0.1) is 11.0 Å². The van der Waals surface area contributed by atoms with Crippen molar-refractivity contribution in [2.75, 3.05) is 4.90 Å². The van der Waals surface area contributed by atoms with E-state index >= 15 is 0 Å². The summed E-state index contributed by atoms with van der Waals surface area (Å²) < 4.78 is 11.6. The Bertz CT molecular complexity index is 4200. The molecule has 68 heavy (non-hydrogen) atoms. The molecule has 0 aliphatic carbocycles. The van der Waals surface area contributed by atoms with Gasteiger partial charge in [-0.15, -0.1) is 11.3 Å². The lowest BCUT2D eigenvalue weighted by atomic mass is 9.98. The number of nitrogens with zero attached hydrogens (tertiary/aromatic N) is 2. The van der Waals surface area contributed by atoms with E-state index in [1.807, 2.05) is 11.3 Å². The SMILES string of the molecule is c1cc(-c2ccc(N(c3ccc(-c4ccc5sc6ccccc6c5c4)cc3)c3ccc(-c4cccc5oc6c7ccccc7ccc6c45)cc3)cc2)cc(-n2c3ccccc3c3ccccc32)c1. The van der Waals surface area contributed by atoms with E-state index in [1.165, 1.54) is 64.1 Å². The third kappa shape index (κ3) is 6.19. The second-order valence-electron chi connectivity index (χ2n) is 17.6. The standard InChI is InChI=1S/C64H40N2OS/c1-2-14-52-43(11-1)29-37-56-63-51(18-10-21-60(63)67-64(52)56)44-27-35-49(36-28-44)65(48-33-25-42(26-34-48)46-30-38-62-57(40-46)55-17-5-8-22-61(55)68-62)47-31-23-41(24-32-47)45-12-9-13-50(39-45)66-58-19-6-3-15-53(58)54-16-4-7-20-59(54)66/h1-40H. The first kappa shape index (κ1) is 38.6. The number of aromatic nitrogens is 1. The molecule has 3 heterocycles. The van der Waals surface area contributed by atoms with Crippen LogP contribution in [0.2, 0.25) is 0 Å². The molecular weight excluding hydrogens is 845 g/mol. The summed E-state index contributed by atoms with van der Waals surface area (Å²) in [6.07, 6.45) is 0. The van der Waals surface area contributed by atoms with Crippen molar-refractivity contribution in [3.63, 3.8) is 0 Å². The van der Waals surface area contributed by atoms with Gasteiger partial charge in [-0.25, -0.2) is 0 Å². The van der Waals surface area contributed by atoms with Gasteiger partial charge in [0.1, 0.15) is 11.2 Å². The van der Waals surface area contributed by atoms with Crippen LogP contribution < -0.4 is 4.90 Å². The fraction of sp³-hybridized carbons (Fsp3) is 0. The number of para-hydroxylation sites is 2. The molecule has 0 aliphatic heterocycles. The highest BCUT2D eigenvalue weighted by atomic mass is 32.1. The lowest BCUT2D eigenvalue weighted by molar-refractivity contribution is 0.673. The lowest BCUT2D eigenvalue weighted by Crippen LogP contribution is -2.09. The van der Waals surface area contributed by atoms with Crippen LogP contribution in [-0.4, -0.2) is 4.57 Å². The Morgan fingerprint density at radius 2 is 0.912 bits per heavy atom. The van der Waals surface area contributed by atoms with Crippen molar-refractivity contribution in [2.24, 2.45) is 0 Å². The van der Waals surface area contributed by atoms with Gasteiger partial charge in [0.25, 0.3) is 0 Å². The molecule has 3 aromatic heterocycles.